The number of anilines is 1. The highest BCUT2D eigenvalue weighted by Crippen LogP contribution is 2.29. The van der Waals surface area contributed by atoms with Crippen LogP contribution in [0.25, 0.3) is 27.4 Å². The number of aliphatic imine (C=N–C) groups is 1. The summed E-state index contributed by atoms with van der Waals surface area (Å²) >= 11 is 0. The number of fused-ring (bicyclic) bond motifs is 3. The standard InChI is InChI=1S/C21H24N6O3S/c22-21-18-14-26(6-1-11-31(28,29)27-7-9-30-10-8-27)25-20(18)17-3-2-15(12-19(17)24-21)16-4-5-23-13-16/h2-5,12,14H,1,6-11,13H2,(H2,22,24). The summed E-state index contributed by atoms with van der Waals surface area (Å²) in [6.07, 6.45) is 6.13. The summed E-state index contributed by atoms with van der Waals surface area (Å²) in [4.78, 5) is 8.81. The lowest BCUT2D eigenvalue weighted by molar-refractivity contribution is 0.0730. The Morgan fingerprint density at radius 1 is 1.16 bits per heavy atom. The molecule has 0 amide bonds. The van der Waals surface area contributed by atoms with E-state index in [2.05, 4.69) is 15.1 Å². The highest BCUT2D eigenvalue weighted by atomic mass is 32.2. The van der Waals surface area contributed by atoms with Gasteiger partial charge in [0.05, 0.1) is 36.4 Å². The van der Waals surface area contributed by atoms with Crippen molar-refractivity contribution < 1.29 is 13.2 Å². The van der Waals surface area contributed by atoms with E-state index >= 15 is 0 Å². The zero-order valence-corrected chi connectivity index (χ0v) is 17.9. The molecule has 1 saturated heterocycles. The molecule has 2 aromatic heterocycles. The van der Waals surface area contributed by atoms with Crippen LogP contribution in [-0.2, 0) is 21.3 Å². The van der Waals surface area contributed by atoms with Gasteiger partial charge >= 0.3 is 0 Å². The predicted molar refractivity (Wildman–Crippen MR) is 122 cm³/mol. The SMILES string of the molecule is Nc1nc2cc(C3=CC=NC3)ccc2c2nn(CCCS(=O)(=O)N3CCOCC3)cc12. The van der Waals surface area contributed by atoms with E-state index in [1.165, 1.54) is 4.31 Å². The molecular formula is C21H24N6O3S. The largest absolute Gasteiger partial charge is 0.383 e. The zero-order chi connectivity index (χ0) is 21.4. The number of benzene rings is 1. The summed E-state index contributed by atoms with van der Waals surface area (Å²) in [5.41, 5.74) is 10.0. The van der Waals surface area contributed by atoms with E-state index < -0.39 is 10.0 Å². The van der Waals surface area contributed by atoms with E-state index in [1.807, 2.05) is 36.7 Å². The molecule has 0 unspecified atom stereocenters. The van der Waals surface area contributed by atoms with Crippen molar-refractivity contribution in [2.45, 2.75) is 13.0 Å². The van der Waals surface area contributed by atoms with E-state index in [-0.39, 0.29) is 5.75 Å². The third-order valence-corrected chi connectivity index (χ3v) is 7.65. The van der Waals surface area contributed by atoms with Crippen LogP contribution < -0.4 is 5.73 Å². The van der Waals surface area contributed by atoms with E-state index in [1.54, 1.807) is 4.68 Å². The van der Waals surface area contributed by atoms with E-state index in [4.69, 9.17) is 10.5 Å². The van der Waals surface area contributed by atoms with Gasteiger partial charge in [-0.25, -0.2) is 13.4 Å². The van der Waals surface area contributed by atoms with Gasteiger partial charge in [-0.05, 0) is 35.8 Å². The minimum atomic E-state index is -3.28. The second-order valence-electron chi connectivity index (χ2n) is 7.75. The fraction of sp³-hybridized carbons (Fsp3) is 0.381. The lowest BCUT2D eigenvalue weighted by Gasteiger charge is -2.25. The Morgan fingerprint density at radius 2 is 2.00 bits per heavy atom. The maximum Gasteiger partial charge on any atom is 0.214 e. The molecule has 1 fully saturated rings. The molecule has 2 N–H and O–H groups in total. The van der Waals surface area contributed by atoms with Crippen LogP contribution in [0.2, 0.25) is 0 Å². The van der Waals surface area contributed by atoms with Crippen molar-refractivity contribution in [3.05, 3.63) is 36.0 Å². The fourth-order valence-corrected chi connectivity index (χ4v) is 5.49. The molecule has 0 aliphatic carbocycles. The molecule has 0 saturated carbocycles. The number of sulfonamides is 1. The minimum absolute atomic E-state index is 0.0816. The molecule has 31 heavy (non-hydrogen) atoms. The first kappa shape index (κ1) is 20.1. The van der Waals surface area contributed by atoms with Crippen LogP contribution in [0.1, 0.15) is 12.0 Å². The molecule has 9 nitrogen and oxygen atoms in total. The number of rotatable bonds is 6. The molecule has 162 valence electrons. The number of nitrogens with zero attached hydrogens (tertiary/aromatic N) is 5. The number of aromatic nitrogens is 3. The van der Waals surface area contributed by atoms with Crippen molar-refractivity contribution in [2.75, 3.05) is 44.3 Å². The number of pyridine rings is 1. The molecular weight excluding hydrogens is 416 g/mol. The average Bonchev–Trinajstić information content (AvgIpc) is 3.45. The molecule has 0 radical (unpaired) electrons. The molecule has 1 aromatic carbocycles. The van der Waals surface area contributed by atoms with Crippen molar-refractivity contribution >= 4 is 49.4 Å². The molecule has 3 aromatic rings. The van der Waals surface area contributed by atoms with Gasteiger partial charge in [0.1, 0.15) is 11.3 Å². The van der Waals surface area contributed by atoms with Crippen molar-refractivity contribution in [3.8, 4) is 0 Å². The van der Waals surface area contributed by atoms with E-state index in [0.29, 0.717) is 51.6 Å². The number of hydrogen-bond acceptors (Lipinski definition) is 7. The maximum absolute atomic E-state index is 12.5. The number of nitrogens with two attached hydrogens (primary N) is 1. The fourth-order valence-electron chi connectivity index (χ4n) is 4.03. The Morgan fingerprint density at radius 3 is 2.77 bits per heavy atom. The van der Waals surface area contributed by atoms with Gasteiger partial charge in [0.25, 0.3) is 0 Å². The maximum atomic E-state index is 12.5. The molecule has 0 spiro atoms. The number of hydrogen-bond donors (Lipinski definition) is 1. The van der Waals surface area contributed by atoms with Crippen LogP contribution in [-0.4, -0.2) is 72.3 Å². The summed E-state index contributed by atoms with van der Waals surface area (Å²) in [5.74, 6) is 0.501. The van der Waals surface area contributed by atoms with Crippen molar-refractivity contribution in [1.29, 1.82) is 0 Å². The van der Waals surface area contributed by atoms with Crippen LogP contribution in [0.4, 0.5) is 5.82 Å². The summed E-state index contributed by atoms with van der Waals surface area (Å²) < 4.78 is 33.5. The first-order valence-corrected chi connectivity index (χ1v) is 11.9. The molecule has 4 heterocycles. The smallest absolute Gasteiger partial charge is 0.214 e. The van der Waals surface area contributed by atoms with Gasteiger partial charge in [-0.3, -0.25) is 9.67 Å². The summed E-state index contributed by atoms with van der Waals surface area (Å²) in [6.45, 7) is 2.91. The number of aryl methyl sites for hydroxylation is 1. The topological polar surface area (TPSA) is 116 Å². The Labute approximate surface area is 180 Å². The van der Waals surface area contributed by atoms with E-state index in [0.717, 1.165) is 32.9 Å². The summed E-state index contributed by atoms with van der Waals surface area (Å²) in [5, 5.41) is 6.39. The Kier molecular flexibility index (Phi) is 5.20. The first-order chi connectivity index (χ1) is 15.0. The van der Waals surface area contributed by atoms with Gasteiger partial charge in [0.15, 0.2) is 0 Å². The minimum Gasteiger partial charge on any atom is -0.383 e. The number of allylic oxidation sites excluding steroid dienone is 1. The average molecular weight is 441 g/mol. The monoisotopic (exact) mass is 440 g/mol. The second-order valence-corrected chi connectivity index (χ2v) is 9.83. The summed E-state index contributed by atoms with van der Waals surface area (Å²) in [7, 11) is -3.28. The van der Waals surface area contributed by atoms with Crippen LogP contribution in [0, 0.1) is 0 Å². The van der Waals surface area contributed by atoms with Gasteiger partial charge in [0.2, 0.25) is 10.0 Å². The molecule has 10 heteroatoms. The van der Waals surface area contributed by atoms with Crippen LogP contribution in [0.15, 0.2) is 35.5 Å². The summed E-state index contributed by atoms with van der Waals surface area (Å²) in [6, 6.07) is 6.08. The van der Waals surface area contributed by atoms with Gasteiger partial charge in [-0.15, -0.1) is 0 Å². The van der Waals surface area contributed by atoms with Crippen LogP contribution in [0.5, 0.6) is 0 Å². The molecule has 0 atom stereocenters. The lowest BCUT2D eigenvalue weighted by Crippen LogP contribution is -2.41. The third kappa shape index (κ3) is 3.93. The Bertz CT molecular complexity index is 1310. The molecule has 0 bridgehead atoms. The molecule has 5 rings (SSSR count). The van der Waals surface area contributed by atoms with Gasteiger partial charge in [-0.1, -0.05) is 6.07 Å². The molecule has 2 aliphatic heterocycles. The normalized spacial score (nSPS) is 17.6. The number of morpholine rings is 1. The second kappa shape index (κ2) is 8.03. The van der Waals surface area contributed by atoms with E-state index in [9.17, 15) is 8.42 Å². The highest BCUT2D eigenvalue weighted by Gasteiger charge is 2.23. The van der Waals surface area contributed by atoms with Crippen molar-refractivity contribution in [3.63, 3.8) is 0 Å². The number of ether oxygens (including phenoxy) is 1. The predicted octanol–water partition coefficient (Wildman–Crippen LogP) is 1.69. The lowest BCUT2D eigenvalue weighted by atomic mass is 10.0. The third-order valence-electron chi connectivity index (χ3n) is 5.70. The zero-order valence-electron chi connectivity index (χ0n) is 17.1. The van der Waals surface area contributed by atoms with Crippen molar-refractivity contribution in [2.24, 2.45) is 4.99 Å². The Balaban J connectivity index is 1.36. The number of nitrogen functional groups attached to an aromatic ring is 1. The van der Waals surface area contributed by atoms with Gasteiger partial charge in [0, 0.05) is 37.4 Å². The Hall–Kier alpha value is -2.82. The van der Waals surface area contributed by atoms with Gasteiger partial charge < -0.3 is 10.5 Å². The van der Waals surface area contributed by atoms with Gasteiger partial charge in [-0.2, -0.15) is 9.40 Å². The first-order valence-electron chi connectivity index (χ1n) is 10.3. The quantitative estimate of drug-likeness (QED) is 0.624. The highest BCUT2D eigenvalue weighted by molar-refractivity contribution is 7.89. The van der Waals surface area contributed by atoms with Crippen LogP contribution in [0.3, 0.4) is 0 Å². The molecule has 2 aliphatic rings. The van der Waals surface area contributed by atoms with Crippen LogP contribution >= 0.6 is 0 Å². The van der Waals surface area contributed by atoms with Crippen molar-refractivity contribution in [1.82, 2.24) is 19.1 Å².